The fourth-order valence-electron chi connectivity index (χ4n) is 2.84. The molecule has 0 radical (unpaired) electrons. The summed E-state index contributed by atoms with van der Waals surface area (Å²) in [5, 5.41) is 0. The van der Waals surface area contributed by atoms with E-state index in [-0.39, 0.29) is 6.42 Å². The summed E-state index contributed by atoms with van der Waals surface area (Å²) in [6, 6.07) is 0. The van der Waals surface area contributed by atoms with E-state index in [0.29, 0.717) is 6.42 Å². The molecule has 0 aliphatic heterocycles. The zero-order valence-corrected chi connectivity index (χ0v) is 17.4. The Kier molecular flexibility index (Phi) is 11.9. The van der Waals surface area contributed by atoms with Crippen LogP contribution in [-0.4, -0.2) is 44.0 Å². The van der Waals surface area contributed by atoms with E-state index in [1.54, 1.807) is 0 Å². The Morgan fingerprint density at radius 3 is 1.52 bits per heavy atom. The maximum absolute atomic E-state index is 11.8. The van der Waals surface area contributed by atoms with Crippen molar-refractivity contribution in [3.8, 4) is 0 Å². The Labute approximate surface area is 151 Å². The first-order chi connectivity index (χ1) is 11.5. The van der Waals surface area contributed by atoms with Crippen molar-refractivity contribution in [3.63, 3.8) is 0 Å². The lowest BCUT2D eigenvalue weighted by molar-refractivity contribution is -0.0328. The Bertz CT molecular complexity index is 449. The van der Waals surface area contributed by atoms with Crippen LogP contribution in [0.5, 0.6) is 0 Å². The molecule has 0 heterocycles. The quantitative estimate of drug-likeness (QED) is 0.185. The number of rotatable bonds is 15. The van der Waals surface area contributed by atoms with Crippen LogP contribution in [0.1, 0.15) is 77.6 Å². The number of hydrogen-bond donors (Lipinski definition) is 4. The molecule has 0 saturated heterocycles. The lowest BCUT2D eigenvalue weighted by Gasteiger charge is -2.39. The van der Waals surface area contributed by atoms with Crippen LogP contribution in [0, 0.1) is 0 Å². The minimum atomic E-state index is -5.05. The molecule has 0 aromatic heterocycles. The van der Waals surface area contributed by atoms with E-state index in [2.05, 4.69) is 11.4 Å². The molecule has 0 rings (SSSR count). The predicted octanol–water partition coefficient (Wildman–Crippen LogP) is 3.80. The third-order valence-corrected chi connectivity index (χ3v) is 6.58. The van der Waals surface area contributed by atoms with Gasteiger partial charge in [0, 0.05) is 6.42 Å². The van der Waals surface area contributed by atoms with Crippen molar-refractivity contribution in [3.05, 3.63) is 0 Å². The molecule has 0 aromatic rings. The Morgan fingerprint density at radius 2 is 1.20 bits per heavy atom. The van der Waals surface area contributed by atoms with Crippen LogP contribution in [-0.2, 0) is 13.7 Å². The van der Waals surface area contributed by atoms with Crippen LogP contribution in [0.3, 0.4) is 0 Å². The molecule has 1 atom stereocenters. The highest BCUT2D eigenvalue weighted by atomic mass is 31.2. The number of nitrogens with zero attached hydrogens (tertiary/aromatic N) is 1. The molecule has 0 aliphatic carbocycles. The highest BCUT2D eigenvalue weighted by Crippen LogP contribution is 2.61. The largest absolute Gasteiger partial charge is 0.471 e. The van der Waals surface area contributed by atoms with Crippen molar-refractivity contribution < 1.29 is 33.2 Å². The zero-order chi connectivity index (χ0) is 19.6. The molecule has 4 N–H and O–H groups in total. The molecule has 1 unspecified atom stereocenters. The number of hydrogen-bond acceptors (Lipinski definition) is 4. The van der Waals surface area contributed by atoms with Crippen molar-refractivity contribution >= 4 is 15.4 Å². The highest BCUT2D eigenvalue weighted by molar-refractivity contribution is 7.54. The van der Waals surface area contributed by atoms with Crippen molar-refractivity contribution in [2.75, 3.05) is 14.1 Å². The van der Waals surface area contributed by atoms with Gasteiger partial charge in [0.05, 0.1) is 0 Å². The van der Waals surface area contributed by atoms with Gasteiger partial charge in [-0.15, -0.1) is 0 Å². The summed E-state index contributed by atoms with van der Waals surface area (Å²) in [6.45, 7) is 2.18. The molecule has 8 nitrogen and oxygen atoms in total. The average Bonchev–Trinajstić information content (AvgIpc) is 2.45. The summed E-state index contributed by atoms with van der Waals surface area (Å²) in [7, 11) is -7.30. The summed E-state index contributed by atoms with van der Waals surface area (Å²) < 4.78 is 27.6. The molecule has 0 amide bonds. The Balaban J connectivity index is 4.38. The zero-order valence-electron chi connectivity index (χ0n) is 15.6. The lowest BCUT2D eigenvalue weighted by atomic mass is 10.1. The van der Waals surface area contributed by atoms with Gasteiger partial charge in [-0.3, -0.25) is 14.0 Å². The minimum absolute atomic E-state index is 0.147. The van der Waals surface area contributed by atoms with E-state index in [0.717, 1.165) is 30.6 Å². The third kappa shape index (κ3) is 10.2. The van der Waals surface area contributed by atoms with Crippen molar-refractivity contribution in [2.45, 2.75) is 83.0 Å². The van der Waals surface area contributed by atoms with Gasteiger partial charge in [-0.05, 0) is 20.5 Å². The second-order valence-corrected chi connectivity index (χ2v) is 9.65. The van der Waals surface area contributed by atoms with Crippen LogP contribution < -0.4 is 0 Å². The van der Waals surface area contributed by atoms with Crippen LogP contribution in [0.2, 0.25) is 0 Å². The van der Waals surface area contributed by atoms with Gasteiger partial charge in [0.15, 0.2) is 0 Å². The van der Waals surface area contributed by atoms with Gasteiger partial charge in [0.1, 0.15) is 0 Å². The summed E-state index contributed by atoms with van der Waals surface area (Å²) in [6.07, 6.45) is 10.3. The fourth-order valence-corrected chi connectivity index (χ4v) is 5.19. The molecule has 0 bridgehead atoms. The summed E-state index contributed by atoms with van der Waals surface area (Å²) in [5.74, 6) is 0. The molecule has 152 valence electrons. The van der Waals surface area contributed by atoms with Crippen LogP contribution in [0.15, 0.2) is 0 Å². The summed E-state index contributed by atoms with van der Waals surface area (Å²) in [5.41, 5.74) is -2.30. The van der Waals surface area contributed by atoms with Gasteiger partial charge in [0.25, 0.3) is 0 Å². The second kappa shape index (κ2) is 11.8. The molecule has 0 saturated carbocycles. The molecule has 0 spiro atoms. The van der Waals surface area contributed by atoms with Crippen LogP contribution in [0.4, 0.5) is 0 Å². The number of phosphoric acid groups is 1. The van der Waals surface area contributed by atoms with Crippen molar-refractivity contribution in [2.24, 2.45) is 0 Å². The SMILES string of the molecule is CCCCCCCCCCCCC(OP(=O)(O)O)(N(C)C)P(=O)(O)O. The van der Waals surface area contributed by atoms with Crippen LogP contribution in [0.25, 0.3) is 0 Å². The number of unbranched alkanes of at least 4 members (excludes halogenated alkanes) is 9. The first-order valence-corrected chi connectivity index (χ1v) is 12.1. The molecule has 0 aromatic carbocycles. The Morgan fingerprint density at radius 1 is 0.800 bits per heavy atom. The standard InChI is InChI=1S/C15H35NO7P2/c1-4-5-6-7-8-9-10-11-12-13-14-15(16(2)3,24(17,18)19)23-25(20,21)22/h4-14H2,1-3H3,(H2,17,18,19)(H2,20,21,22). The first-order valence-electron chi connectivity index (χ1n) is 8.95. The van der Waals surface area contributed by atoms with E-state index in [1.165, 1.54) is 46.2 Å². The molecular weight excluding hydrogens is 368 g/mol. The Hall–Kier alpha value is 0.220. The van der Waals surface area contributed by atoms with Crippen molar-refractivity contribution in [1.82, 2.24) is 4.90 Å². The van der Waals surface area contributed by atoms with E-state index in [9.17, 15) is 18.9 Å². The van der Waals surface area contributed by atoms with Gasteiger partial charge >= 0.3 is 15.4 Å². The highest BCUT2D eigenvalue weighted by Gasteiger charge is 2.53. The maximum atomic E-state index is 11.8. The number of phosphoric ester groups is 1. The van der Waals surface area contributed by atoms with Gasteiger partial charge in [-0.1, -0.05) is 64.7 Å². The fraction of sp³-hybridized carbons (Fsp3) is 1.00. The molecule has 0 aliphatic rings. The monoisotopic (exact) mass is 403 g/mol. The minimum Gasteiger partial charge on any atom is -0.321 e. The van der Waals surface area contributed by atoms with Crippen molar-refractivity contribution in [1.29, 1.82) is 0 Å². The average molecular weight is 403 g/mol. The first kappa shape index (κ1) is 25.2. The van der Waals surface area contributed by atoms with E-state index in [4.69, 9.17) is 9.79 Å². The summed E-state index contributed by atoms with van der Waals surface area (Å²) >= 11 is 0. The molecule has 25 heavy (non-hydrogen) atoms. The smallest absolute Gasteiger partial charge is 0.321 e. The molecule has 10 heteroatoms. The topological polar surface area (TPSA) is 128 Å². The van der Waals surface area contributed by atoms with Gasteiger partial charge in [-0.25, -0.2) is 4.57 Å². The van der Waals surface area contributed by atoms with Gasteiger partial charge in [-0.2, -0.15) is 0 Å². The van der Waals surface area contributed by atoms with Gasteiger partial charge < -0.3 is 19.6 Å². The predicted molar refractivity (Wildman–Crippen MR) is 98.1 cm³/mol. The molecular formula is C15H35NO7P2. The summed E-state index contributed by atoms with van der Waals surface area (Å²) in [4.78, 5) is 38.4. The van der Waals surface area contributed by atoms with Crippen LogP contribution >= 0.6 is 15.4 Å². The molecule has 0 fully saturated rings. The lowest BCUT2D eigenvalue weighted by Crippen LogP contribution is -2.45. The second-order valence-electron chi connectivity index (χ2n) is 6.70. The van der Waals surface area contributed by atoms with Gasteiger partial charge in [0.2, 0.25) is 5.47 Å². The third-order valence-electron chi connectivity index (χ3n) is 4.28. The van der Waals surface area contributed by atoms with E-state index >= 15 is 0 Å². The van der Waals surface area contributed by atoms with E-state index in [1.807, 2.05) is 0 Å². The van der Waals surface area contributed by atoms with E-state index < -0.39 is 20.9 Å². The normalized spacial score (nSPS) is 15.5. The maximum Gasteiger partial charge on any atom is 0.471 e.